The summed E-state index contributed by atoms with van der Waals surface area (Å²) in [6.45, 7) is 6.93. The van der Waals surface area contributed by atoms with Gasteiger partial charge in [0.2, 0.25) is 0 Å². The molecule has 2 unspecified atom stereocenters. The number of hydrogen-bond acceptors (Lipinski definition) is 4. The maximum absolute atomic E-state index is 12.6. The zero-order valence-corrected chi connectivity index (χ0v) is 12.8. The van der Waals surface area contributed by atoms with Crippen molar-refractivity contribution < 1.29 is 14.6 Å². The molecule has 0 saturated carbocycles. The minimum atomic E-state index is -0.168. The van der Waals surface area contributed by atoms with Crippen molar-refractivity contribution in [2.45, 2.75) is 32.9 Å². The molecule has 0 aliphatic carbocycles. The van der Waals surface area contributed by atoms with Gasteiger partial charge in [-0.15, -0.1) is 11.3 Å². The molecule has 1 amide bonds. The van der Waals surface area contributed by atoms with Crippen LogP contribution in [0.2, 0.25) is 0 Å². The van der Waals surface area contributed by atoms with Crippen molar-refractivity contribution in [1.29, 1.82) is 0 Å². The summed E-state index contributed by atoms with van der Waals surface area (Å²) in [6, 6.07) is 1.97. The van der Waals surface area contributed by atoms with Crippen molar-refractivity contribution in [3.8, 4) is 11.8 Å². The van der Waals surface area contributed by atoms with E-state index in [1.807, 2.05) is 31.7 Å². The van der Waals surface area contributed by atoms with E-state index >= 15 is 0 Å². The van der Waals surface area contributed by atoms with Gasteiger partial charge in [0.15, 0.2) is 0 Å². The summed E-state index contributed by atoms with van der Waals surface area (Å²) in [5.74, 6) is 5.55. The van der Waals surface area contributed by atoms with E-state index in [1.165, 1.54) is 11.3 Å². The van der Waals surface area contributed by atoms with Crippen molar-refractivity contribution in [3.63, 3.8) is 0 Å². The van der Waals surface area contributed by atoms with Crippen LogP contribution in [0.1, 0.15) is 34.0 Å². The summed E-state index contributed by atoms with van der Waals surface area (Å²) in [4.78, 5) is 16.0. The first-order valence-electron chi connectivity index (χ1n) is 6.65. The highest BCUT2D eigenvalue weighted by Crippen LogP contribution is 2.24. The average Bonchev–Trinajstić information content (AvgIpc) is 2.79. The third kappa shape index (κ3) is 3.21. The number of carbonyl (C=O) groups is 1. The van der Waals surface area contributed by atoms with Gasteiger partial charge in [0, 0.05) is 6.54 Å². The van der Waals surface area contributed by atoms with E-state index in [0.29, 0.717) is 18.0 Å². The van der Waals surface area contributed by atoms with Gasteiger partial charge in [-0.05, 0) is 32.4 Å². The summed E-state index contributed by atoms with van der Waals surface area (Å²) in [5, 5.41) is 8.74. The van der Waals surface area contributed by atoms with Crippen LogP contribution < -0.4 is 0 Å². The number of aryl methyl sites for hydroxylation is 1. The first-order chi connectivity index (χ1) is 9.52. The summed E-state index contributed by atoms with van der Waals surface area (Å²) in [6.07, 6.45) is 0.0739. The summed E-state index contributed by atoms with van der Waals surface area (Å²) < 4.78 is 5.55. The van der Waals surface area contributed by atoms with Gasteiger partial charge >= 0.3 is 0 Å². The average molecular weight is 293 g/mol. The normalized spacial score (nSPS) is 22.3. The van der Waals surface area contributed by atoms with Crippen LogP contribution in [0.3, 0.4) is 0 Å². The van der Waals surface area contributed by atoms with Crippen LogP contribution >= 0.6 is 11.3 Å². The summed E-state index contributed by atoms with van der Waals surface area (Å²) in [5.41, 5.74) is 0.980. The molecule has 1 N–H and O–H groups in total. The van der Waals surface area contributed by atoms with Gasteiger partial charge in [-0.25, -0.2) is 0 Å². The molecule has 2 heterocycles. The molecule has 5 heteroatoms. The Hall–Kier alpha value is -1.35. The number of amides is 1. The van der Waals surface area contributed by atoms with Gasteiger partial charge < -0.3 is 14.7 Å². The predicted molar refractivity (Wildman–Crippen MR) is 78.9 cm³/mol. The molecule has 2 atom stereocenters. The zero-order valence-electron chi connectivity index (χ0n) is 12.0. The smallest absolute Gasteiger partial charge is 0.264 e. The Kier molecular flexibility index (Phi) is 4.81. The molecule has 2 rings (SSSR count). The highest BCUT2D eigenvalue weighted by molar-refractivity contribution is 7.14. The molecular formula is C15H19NO3S. The highest BCUT2D eigenvalue weighted by atomic mass is 32.1. The SMILES string of the molecule is Cc1cc(C(=O)N2CC(C)OCC2C)sc1C#CCO. The lowest BCUT2D eigenvalue weighted by atomic mass is 10.2. The van der Waals surface area contributed by atoms with E-state index in [2.05, 4.69) is 11.8 Å². The lowest BCUT2D eigenvalue weighted by molar-refractivity contribution is -0.0385. The van der Waals surface area contributed by atoms with Gasteiger partial charge in [-0.1, -0.05) is 11.8 Å². The van der Waals surface area contributed by atoms with Crippen molar-refractivity contribution in [3.05, 3.63) is 21.4 Å². The molecule has 1 aliphatic heterocycles. The highest BCUT2D eigenvalue weighted by Gasteiger charge is 2.29. The first kappa shape index (κ1) is 15.0. The van der Waals surface area contributed by atoms with E-state index in [0.717, 1.165) is 10.4 Å². The molecule has 1 aromatic rings. The number of rotatable bonds is 1. The van der Waals surface area contributed by atoms with E-state index in [1.54, 1.807) is 0 Å². The number of hydrogen-bond donors (Lipinski definition) is 1. The van der Waals surface area contributed by atoms with Crippen LogP contribution in [0.15, 0.2) is 6.07 Å². The van der Waals surface area contributed by atoms with E-state index in [4.69, 9.17) is 9.84 Å². The number of carbonyl (C=O) groups excluding carboxylic acids is 1. The minimum absolute atomic E-state index is 0.0396. The van der Waals surface area contributed by atoms with Crippen molar-refractivity contribution in [2.75, 3.05) is 19.8 Å². The molecule has 0 bridgehead atoms. The quantitative estimate of drug-likeness (QED) is 0.801. The maximum atomic E-state index is 12.6. The van der Waals surface area contributed by atoms with Gasteiger partial charge in [0.1, 0.15) is 6.61 Å². The fourth-order valence-corrected chi connectivity index (χ4v) is 3.16. The molecule has 1 saturated heterocycles. The second-order valence-electron chi connectivity index (χ2n) is 5.03. The van der Waals surface area contributed by atoms with Crippen LogP contribution in [0.25, 0.3) is 0 Å². The topological polar surface area (TPSA) is 49.8 Å². The van der Waals surface area contributed by atoms with Crippen molar-refractivity contribution in [2.24, 2.45) is 0 Å². The standard InChI is InChI=1S/C15H19NO3S/c1-10-7-14(20-13(10)5-4-6-17)15(18)16-8-12(3)19-9-11(16)2/h7,11-12,17H,6,8-9H2,1-3H3. The lowest BCUT2D eigenvalue weighted by Crippen LogP contribution is -2.50. The van der Waals surface area contributed by atoms with Crippen LogP contribution in [0.5, 0.6) is 0 Å². The van der Waals surface area contributed by atoms with E-state index in [9.17, 15) is 4.79 Å². The predicted octanol–water partition coefficient (Wildman–Crippen LogP) is 1.65. The lowest BCUT2D eigenvalue weighted by Gasteiger charge is -2.36. The zero-order chi connectivity index (χ0) is 14.7. The van der Waals surface area contributed by atoms with Crippen LogP contribution in [-0.2, 0) is 4.74 Å². The fourth-order valence-electron chi connectivity index (χ4n) is 2.16. The second kappa shape index (κ2) is 6.40. The molecule has 0 radical (unpaired) electrons. The molecule has 20 heavy (non-hydrogen) atoms. The summed E-state index contributed by atoms with van der Waals surface area (Å²) in [7, 11) is 0. The van der Waals surface area contributed by atoms with Crippen molar-refractivity contribution >= 4 is 17.2 Å². The van der Waals surface area contributed by atoms with Crippen LogP contribution in [0.4, 0.5) is 0 Å². The molecule has 1 aromatic heterocycles. The Morgan fingerprint density at radius 3 is 3.05 bits per heavy atom. The Bertz CT molecular complexity index is 555. The number of thiophene rings is 1. The van der Waals surface area contributed by atoms with E-state index < -0.39 is 0 Å². The van der Waals surface area contributed by atoms with Gasteiger partial charge in [-0.3, -0.25) is 4.79 Å². The number of morpholine rings is 1. The van der Waals surface area contributed by atoms with Crippen LogP contribution in [-0.4, -0.2) is 47.8 Å². The van der Waals surface area contributed by atoms with Crippen molar-refractivity contribution in [1.82, 2.24) is 4.90 Å². The number of nitrogens with zero attached hydrogens (tertiary/aromatic N) is 1. The Morgan fingerprint density at radius 2 is 2.35 bits per heavy atom. The number of aliphatic hydroxyl groups is 1. The summed E-state index contributed by atoms with van der Waals surface area (Å²) >= 11 is 1.39. The van der Waals surface area contributed by atoms with E-state index in [-0.39, 0.29) is 24.7 Å². The Morgan fingerprint density at radius 1 is 1.60 bits per heavy atom. The number of ether oxygens (including phenoxy) is 1. The molecule has 108 valence electrons. The van der Waals surface area contributed by atoms with Gasteiger partial charge in [0.25, 0.3) is 5.91 Å². The first-order valence-corrected chi connectivity index (χ1v) is 7.47. The fraction of sp³-hybridized carbons (Fsp3) is 0.533. The minimum Gasteiger partial charge on any atom is -0.384 e. The Balaban J connectivity index is 2.20. The number of aliphatic hydroxyl groups excluding tert-OH is 1. The largest absolute Gasteiger partial charge is 0.384 e. The van der Waals surface area contributed by atoms with Gasteiger partial charge in [0.05, 0.1) is 28.5 Å². The molecule has 0 aromatic carbocycles. The monoisotopic (exact) mass is 293 g/mol. The molecule has 4 nitrogen and oxygen atoms in total. The maximum Gasteiger partial charge on any atom is 0.264 e. The third-order valence-electron chi connectivity index (χ3n) is 3.28. The van der Waals surface area contributed by atoms with Gasteiger partial charge in [-0.2, -0.15) is 0 Å². The molecule has 0 spiro atoms. The second-order valence-corrected chi connectivity index (χ2v) is 6.09. The molecule has 1 fully saturated rings. The molecule has 1 aliphatic rings. The Labute approximate surface area is 123 Å². The molecular weight excluding hydrogens is 274 g/mol. The van der Waals surface area contributed by atoms with Crippen LogP contribution in [0, 0.1) is 18.8 Å². The third-order valence-corrected chi connectivity index (χ3v) is 4.42.